The maximum atomic E-state index is 12.5. The van der Waals surface area contributed by atoms with Crippen LogP contribution in [0.15, 0.2) is 27.4 Å². The maximum Gasteiger partial charge on any atom is 0.278 e. The maximum absolute atomic E-state index is 12.5. The molecule has 0 spiro atoms. The molecule has 5 heteroatoms. The third kappa shape index (κ3) is 2.01. The second-order valence-corrected chi connectivity index (χ2v) is 5.49. The minimum atomic E-state index is -0.331. The van der Waals surface area contributed by atoms with Gasteiger partial charge in [0.15, 0.2) is 5.75 Å². The van der Waals surface area contributed by atoms with Crippen molar-refractivity contribution >= 4 is 11.0 Å². The van der Waals surface area contributed by atoms with E-state index in [1.807, 2.05) is 32.0 Å². The van der Waals surface area contributed by atoms with Crippen molar-refractivity contribution in [1.82, 2.24) is 9.78 Å². The van der Waals surface area contributed by atoms with Crippen molar-refractivity contribution < 1.29 is 9.52 Å². The second-order valence-electron chi connectivity index (χ2n) is 5.49. The lowest BCUT2D eigenvalue weighted by Gasteiger charge is -2.09. The molecule has 3 aromatic rings. The van der Waals surface area contributed by atoms with Gasteiger partial charge >= 0.3 is 0 Å². The van der Waals surface area contributed by atoms with Crippen LogP contribution in [0.3, 0.4) is 0 Å². The molecule has 22 heavy (non-hydrogen) atoms. The van der Waals surface area contributed by atoms with E-state index in [1.165, 1.54) is 4.68 Å². The largest absolute Gasteiger partial charge is 0.505 e. The van der Waals surface area contributed by atoms with Crippen molar-refractivity contribution in [3.8, 4) is 16.9 Å². The molecule has 0 amide bonds. The molecule has 3 rings (SSSR count). The highest BCUT2D eigenvalue weighted by Crippen LogP contribution is 2.38. The number of hydrogen-bond acceptors (Lipinski definition) is 4. The molecule has 0 radical (unpaired) electrons. The SMILES string of the molecule is CCc1oc2ccc(C)cc2c1-c1c(O)c(C)nn(C)c1=O. The number of fused-ring (bicyclic) bond motifs is 1. The normalized spacial score (nSPS) is 11.3. The van der Waals surface area contributed by atoms with Gasteiger partial charge in [0.2, 0.25) is 0 Å². The molecule has 114 valence electrons. The predicted octanol–water partition coefficient (Wildman–Crippen LogP) is 3.08. The van der Waals surface area contributed by atoms with Crippen LogP contribution in [0, 0.1) is 13.8 Å². The molecule has 5 nitrogen and oxygen atoms in total. The molecule has 2 aromatic heterocycles. The fourth-order valence-electron chi connectivity index (χ4n) is 2.77. The molecule has 0 aliphatic rings. The Kier molecular flexibility index (Phi) is 3.28. The summed E-state index contributed by atoms with van der Waals surface area (Å²) in [5.41, 5.74) is 2.80. The van der Waals surface area contributed by atoms with Gasteiger partial charge < -0.3 is 9.52 Å². The highest BCUT2D eigenvalue weighted by Gasteiger charge is 2.23. The van der Waals surface area contributed by atoms with Crippen molar-refractivity contribution in [3.05, 3.63) is 45.6 Å². The van der Waals surface area contributed by atoms with Crippen LogP contribution in [0.25, 0.3) is 22.1 Å². The number of aromatic nitrogens is 2. The number of furan rings is 1. The Morgan fingerprint density at radius 1 is 1.27 bits per heavy atom. The molecule has 2 heterocycles. The van der Waals surface area contributed by atoms with Gasteiger partial charge in [-0.15, -0.1) is 0 Å². The fraction of sp³-hybridized carbons (Fsp3) is 0.294. The van der Waals surface area contributed by atoms with E-state index in [-0.39, 0.29) is 16.9 Å². The van der Waals surface area contributed by atoms with Crippen LogP contribution in [0.5, 0.6) is 5.75 Å². The summed E-state index contributed by atoms with van der Waals surface area (Å²) >= 11 is 0. The Balaban J connectivity index is 2.50. The molecule has 0 atom stereocenters. The van der Waals surface area contributed by atoms with E-state index in [2.05, 4.69) is 5.10 Å². The molecule has 0 fully saturated rings. The lowest BCUT2D eigenvalue weighted by molar-refractivity contribution is 0.460. The Labute approximate surface area is 127 Å². The number of aryl methyl sites for hydroxylation is 4. The van der Waals surface area contributed by atoms with Crippen LogP contribution < -0.4 is 5.56 Å². The van der Waals surface area contributed by atoms with Crippen molar-refractivity contribution in [1.29, 1.82) is 0 Å². The smallest absolute Gasteiger partial charge is 0.278 e. The Morgan fingerprint density at radius 3 is 2.68 bits per heavy atom. The van der Waals surface area contributed by atoms with E-state index in [4.69, 9.17) is 4.42 Å². The number of hydrogen-bond donors (Lipinski definition) is 1. The summed E-state index contributed by atoms with van der Waals surface area (Å²) in [4.78, 5) is 12.5. The average molecular weight is 298 g/mol. The lowest BCUT2D eigenvalue weighted by Crippen LogP contribution is -2.22. The van der Waals surface area contributed by atoms with Crippen LogP contribution in [0.2, 0.25) is 0 Å². The van der Waals surface area contributed by atoms with Crippen LogP contribution in [0.1, 0.15) is 23.9 Å². The zero-order valence-corrected chi connectivity index (χ0v) is 13.1. The average Bonchev–Trinajstić information content (AvgIpc) is 2.83. The minimum absolute atomic E-state index is 0.0815. The first kappa shape index (κ1) is 14.4. The van der Waals surface area contributed by atoms with Gasteiger partial charge in [0.1, 0.15) is 17.0 Å². The minimum Gasteiger partial charge on any atom is -0.505 e. The van der Waals surface area contributed by atoms with Gasteiger partial charge in [-0.05, 0) is 26.0 Å². The van der Waals surface area contributed by atoms with Crippen LogP contribution in [-0.2, 0) is 13.5 Å². The molecule has 0 unspecified atom stereocenters. The fourth-order valence-corrected chi connectivity index (χ4v) is 2.77. The van der Waals surface area contributed by atoms with Gasteiger partial charge in [-0.2, -0.15) is 5.10 Å². The summed E-state index contributed by atoms with van der Waals surface area (Å²) in [6.45, 7) is 5.62. The van der Waals surface area contributed by atoms with Crippen molar-refractivity contribution in [2.24, 2.45) is 7.05 Å². The van der Waals surface area contributed by atoms with Gasteiger partial charge in [-0.3, -0.25) is 4.79 Å². The molecule has 0 saturated heterocycles. The standard InChI is InChI=1S/C17H18N2O3/c1-5-12-14(11-8-9(2)6-7-13(11)22-12)15-16(20)10(3)18-19(4)17(15)21/h6-8,20H,5H2,1-4H3. The van der Waals surface area contributed by atoms with Gasteiger partial charge in [0, 0.05) is 24.4 Å². The zero-order chi connectivity index (χ0) is 16.0. The van der Waals surface area contributed by atoms with Gasteiger partial charge in [-0.1, -0.05) is 18.6 Å². The molecular formula is C17H18N2O3. The number of rotatable bonds is 2. The van der Waals surface area contributed by atoms with Crippen LogP contribution in [-0.4, -0.2) is 14.9 Å². The number of benzene rings is 1. The number of aromatic hydroxyl groups is 1. The Bertz CT molecular complexity index is 935. The van der Waals surface area contributed by atoms with Crippen molar-refractivity contribution in [3.63, 3.8) is 0 Å². The van der Waals surface area contributed by atoms with Crippen molar-refractivity contribution in [2.45, 2.75) is 27.2 Å². The van der Waals surface area contributed by atoms with Gasteiger partial charge in [0.25, 0.3) is 5.56 Å². The zero-order valence-electron chi connectivity index (χ0n) is 13.1. The first-order chi connectivity index (χ1) is 10.4. The topological polar surface area (TPSA) is 68.3 Å². The lowest BCUT2D eigenvalue weighted by atomic mass is 10.00. The monoisotopic (exact) mass is 298 g/mol. The Hall–Kier alpha value is -2.56. The highest BCUT2D eigenvalue weighted by atomic mass is 16.3. The predicted molar refractivity (Wildman–Crippen MR) is 85.2 cm³/mol. The summed E-state index contributed by atoms with van der Waals surface area (Å²) in [6.07, 6.45) is 0.632. The quantitative estimate of drug-likeness (QED) is 0.789. The summed E-state index contributed by atoms with van der Waals surface area (Å²) in [7, 11) is 1.58. The van der Waals surface area contributed by atoms with E-state index >= 15 is 0 Å². The highest BCUT2D eigenvalue weighted by molar-refractivity contribution is 5.97. The van der Waals surface area contributed by atoms with Crippen LogP contribution in [0.4, 0.5) is 0 Å². The van der Waals surface area contributed by atoms with E-state index in [0.29, 0.717) is 29.0 Å². The molecule has 0 aliphatic carbocycles. The van der Waals surface area contributed by atoms with E-state index < -0.39 is 0 Å². The van der Waals surface area contributed by atoms with E-state index in [0.717, 1.165) is 10.9 Å². The molecule has 1 N–H and O–H groups in total. The van der Waals surface area contributed by atoms with Gasteiger partial charge in [-0.25, -0.2) is 4.68 Å². The summed E-state index contributed by atoms with van der Waals surface area (Å²) in [5, 5.41) is 15.3. The molecule has 1 aromatic carbocycles. The first-order valence-electron chi connectivity index (χ1n) is 7.23. The second kappa shape index (κ2) is 5.02. The van der Waals surface area contributed by atoms with Crippen molar-refractivity contribution in [2.75, 3.05) is 0 Å². The van der Waals surface area contributed by atoms with Gasteiger partial charge in [0.05, 0.1) is 5.56 Å². The van der Waals surface area contributed by atoms with E-state index in [9.17, 15) is 9.90 Å². The third-order valence-electron chi connectivity index (χ3n) is 3.87. The molecule has 0 aliphatic heterocycles. The Morgan fingerprint density at radius 2 is 2.00 bits per heavy atom. The van der Waals surface area contributed by atoms with Crippen LogP contribution >= 0.6 is 0 Å². The first-order valence-corrected chi connectivity index (χ1v) is 7.23. The molecule has 0 saturated carbocycles. The summed E-state index contributed by atoms with van der Waals surface area (Å²) in [6, 6.07) is 5.83. The molecule has 0 bridgehead atoms. The third-order valence-corrected chi connectivity index (χ3v) is 3.87. The summed E-state index contributed by atoms with van der Waals surface area (Å²) < 4.78 is 7.12. The molecular weight excluding hydrogens is 280 g/mol. The summed E-state index contributed by atoms with van der Waals surface area (Å²) in [5.74, 6) is 0.612. The number of nitrogens with zero attached hydrogens (tertiary/aromatic N) is 2. The van der Waals surface area contributed by atoms with E-state index in [1.54, 1.807) is 14.0 Å².